The first-order chi connectivity index (χ1) is 16.8. The van der Waals surface area contributed by atoms with Crippen LogP contribution in [0.5, 0.6) is 11.5 Å². The molecule has 0 aromatic heterocycles. The summed E-state index contributed by atoms with van der Waals surface area (Å²) >= 11 is 0. The monoisotopic (exact) mass is 488 g/mol. The van der Waals surface area contributed by atoms with E-state index in [-0.39, 0.29) is 19.0 Å². The Kier molecular flexibility index (Phi) is 9.34. The van der Waals surface area contributed by atoms with Crippen LogP contribution in [0.2, 0.25) is 0 Å². The summed E-state index contributed by atoms with van der Waals surface area (Å²) in [6, 6.07) is 11.1. The third kappa shape index (κ3) is 8.16. The molecule has 1 saturated carbocycles. The molecule has 2 aromatic rings. The third-order valence-corrected chi connectivity index (χ3v) is 6.18. The Balaban J connectivity index is 1.41. The maximum Gasteiger partial charge on any atom is 0.400 e. The Hall–Kier alpha value is -3.29. The van der Waals surface area contributed by atoms with Crippen molar-refractivity contribution in [3.05, 3.63) is 54.1 Å². The fourth-order valence-corrected chi connectivity index (χ4v) is 4.29. The Labute approximate surface area is 205 Å². The molecule has 0 spiro atoms. The van der Waals surface area contributed by atoms with Crippen LogP contribution in [0.4, 0.5) is 20.2 Å². The van der Waals surface area contributed by atoms with Crippen molar-refractivity contribution in [3.8, 4) is 11.5 Å². The lowest BCUT2D eigenvalue weighted by atomic mass is 9.79. The van der Waals surface area contributed by atoms with Crippen LogP contribution >= 0.6 is 0 Å². The number of benzene rings is 2. The topological polar surface area (TPSA) is 96.8 Å². The van der Waals surface area contributed by atoms with Crippen LogP contribution < -0.4 is 20.9 Å². The zero-order valence-electron chi connectivity index (χ0n) is 20.1. The first kappa shape index (κ1) is 26.3. The summed E-state index contributed by atoms with van der Waals surface area (Å²) in [6.07, 6.45) is 4.44. The maximum atomic E-state index is 14.6. The number of anilines is 2. The molecule has 0 heterocycles. The normalized spacial score (nSPS) is 18.4. The van der Waals surface area contributed by atoms with Crippen molar-refractivity contribution in [3.63, 3.8) is 0 Å². The molecule has 8 heteroatoms. The lowest BCUT2D eigenvalue weighted by molar-refractivity contribution is -0.223. The molecule has 0 saturated heterocycles. The van der Waals surface area contributed by atoms with E-state index < -0.39 is 18.0 Å². The summed E-state index contributed by atoms with van der Waals surface area (Å²) < 4.78 is 44.9. The van der Waals surface area contributed by atoms with E-state index in [0.717, 1.165) is 25.7 Å². The van der Waals surface area contributed by atoms with Gasteiger partial charge in [0.05, 0.1) is 11.6 Å². The highest BCUT2D eigenvalue weighted by Gasteiger charge is 2.43. The second kappa shape index (κ2) is 12.4. The van der Waals surface area contributed by atoms with Gasteiger partial charge in [0.2, 0.25) is 0 Å². The van der Waals surface area contributed by atoms with Gasteiger partial charge in [-0.15, -0.1) is 0 Å². The van der Waals surface area contributed by atoms with E-state index in [1.54, 1.807) is 30.3 Å². The van der Waals surface area contributed by atoms with Crippen molar-refractivity contribution in [2.45, 2.75) is 51.6 Å². The Morgan fingerprint density at radius 1 is 1.06 bits per heavy atom. The lowest BCUT2D eigenvalue weighted by Gasteiger charge is -2.33. The van der Waals surface area contributed by atoms with Gasteiger partial charge in [-0.1, -0.05) is 31.9 Å². The number of esters is 1. The Morgan fingerprint density at radius 2 is 1.77 bits per heavy atom. The van der Waals surface area contributed by atoms with Crippen molar-refractivity contribution in [1.82, 2.24) is 0 Å². The highest BCUT2D eigenvalue weighted by atomic mass is 19.3. The number of carbonyl (C=O) groups excluding carboxylic acids is 1. The molecule has 0 bridgehead atoms. The number of hydrogen-bond donors (Lipinski definition) is 2. The summed E-state index contributed by atoms with van der Waals surface area (Å²) in [6.45, 7) is 2.30. The zero-order valence-corrected chi connectivity index (χ0v) is 20.1. The third-order valence-electron chi connectivity index (χ3n) is 6.18. The number of rotatable bonds is 11. The van der Waals surface area contributed by atoms with Gasteiger partial charge in [-0.3, -0.25) is 0 Å². The van der Waals surface area contributed by atoms with Crippen LogP contribution in [0, 0.1) is 11.8 Å². The first-order valence-corrected chi connectivity index (χ1v) is 12.1. The van der Waals surface area contributed by atoms with Gasteiger partial charge in [0.25, 0.3) is 0 Å². The van der Waals surface area contributed by atoms with Crippen molar-refractivity contribution in [2.75, 3.05) is 24.7 Å². The van der Waals surface area contributed by atoms with Crippen LogP contribution in [0.25, 0.3) is 6.08 Å². The lowest BCUT2D eigenvalue weighted by Crippen LogP contribution is -2.37. The minimum atomic E-state index is -3.20. The molecule has 35 heavy (non-hydrogen) atoms. The predicted molar refractivity (Wildman–Crippen MR) is 133 cm³/mol. The van der Waals surface area contributed by atoms with Crippen LogP contribution in [-0.4, -0.2) is 25.3 Å². The summed E-state index contributed by atoms with van der Waals surface area (Å²) in [5.41, 5.74) is 13.0. The molecule has 1 aliphatic carbocycles. The second-order valence-corrected chi connectivity index (χ2v) is 8.89. The maximum absolute atomic E-state index is 14.6. The molecule has 0 amide bonds. The minimum absolute atomic E-state index is 0.0369. The number of halogens is 2. The molecule has 0 aliphatic heterocycles. The molecular formula is C27H34F2N2O4. The number of nitrogen functional groups attached to an aromatic ring is 2. The van der Waals surface area contributed by atoms with Gasteiger partial charge in [0, 0.05) is 11.8 Å². The van der Waals surface area contributed by atoms with Crippen molar-refractivity contribution >= 4 is 23.4 Å². The standard InChI is InChI=1S/C27H34F2N2O4/c1-2-3-19-4-9-21(10-5-19)27(28,29)35-23-12-6-20(7-13-23)8-15-26(32)34-17-16-33-25-14-11-22(30)18-24(25)31/h6-8,11-15,18-19,21H,2-5,9-10,16-17,30-31H2,1H3/b15-8+. The number of alkyl halides is 2. The molecular weight excluding hydrogens is 454 g/mol. The zero-order chi connectivity index (χ0) is 25.3. The van der Waals surface area contributed by atoms with Crippen LogP contribution in [-0.2, 0) is 9.53 Å². The van der Waals surface area contributed by atoms with E-state index in [4.69, 9.17) is 25.7 Å². The van der Waals surface area contributed by atoms with Gasteiger partial charge in [0.1, 0.15) is 24.7 Å². The molecule has 6 nitrogen and oxygen atoms in total. The molecule has 4 N–H and O–H groups in total. The van der Waals surface area contributed by atoms with Crippen molar-refractivity contribution < 1.29 is 27.8 Å². The van der Waals surface area contributed by atoms with E-state index in [1.165, 1.54) is 24.3 Å². The number of ether oxygens (including phenoxy) is 3. The van der Waals surface area contributed by atoms with Crippen LogP contribution in [0.15, 0.2) is 48.5 Å². The molecule has 1 aliphatic rings. The average Bonchev–Trinajstić information content (AvgIpc) is 2.83. The highest BCUT2D eigenvalue weighted by Crippen LogP contribution is 2.41. The number of carbonyl (C=O) groups is 1. The van der Waals surface area contributed by atoms with Crippen molar-refractivity contribution in [2.24, 2.45) is 11.8 Å². The Morgan fingerprint density at radius 3 is 2.43 bits per heavy atom. The van der Waals surface area contributed by atoms with Gasteiger partial charge in [-0.25, -0.2) is 4.79 Å². The van der Waals surface area contributed by atoms with Gasteiger partial charge in [0.15, 0.2) is 0 Å². The molecule has 0 unspecified atom stereocenters. The van der Waals surface area contributed by atoms with Crippen LogP contribution in [0.1, 0.15) is 51.0 Å². The number of hydrogen-bond acceptors (Lipinski definition) is 6. The average molecular weight is 489 g/mol. The quantitative estimate of drug-likeness (QED) is 0.173. The van der Waals surface area contributed by atoms with Gasteiger partial charge >= 0.3 is 12.1 Å². The van der Waals surface area contributed by atoms with E-state index in [9.17, 15) is 13.6 Å². The fraction of sp³-hybridized carbons (Fsp3) is 0.444. The van der Waals surface area contributed by atoms with E-state index in [2.05, 4.69) is 6.92 Å². The summed E-state index contributed by atoms with van der Waals surface area (Å²) in [5, 5.41) is 0. The SMILES string of the molecule is CCCC1CCC(C(F)(F)Oc2ccc(/C=C/C(=O)OCCOc3ccc(N)cc3N)cc2)CC1. The smallest absolute Gasteiger partial charge is 0.400 e. The second-order valence-electron chi connectivity index (χ2n) is 8.89. The molecule has 2 aromatic carbocycles. The fourth-order valence-electron chi connectivity index (χ4n) is 4.29. The van der Waals surface area contributed by atoms with Gasteiger partial charge < -0.3 is 25.7 Å². The highest BCUT2D eigenvalue weighted by molar-refractivity contribution is 5.87. The van der Waals surface area contributed by atoms with Gasteiger partial charge in [-0.05, 0) is 73.6 Å². The minimum Gasteiger partial charge on any atom is -0.488 e. The molecule has 190 valence electrons. The Bertz CT molecular complexity index is 987. The van der Waals surface area contributed by atoms with Crippen molar-refractivity contribution in [1.29, 1.82) is 0 Å². The van der Waals surface area contributed by atoms with E-state index in [1.807, 2.05) is 0 Å². The molecule has 1 fully saturated rings. The largest absolute Gasteiger partial charge is 0.488 e. The van der Waals surface area contributed by atoms with Gasteiger partial charge in [-0.2, -0.15) is 8.78 Å². The molecule has 3 rings (SSSR count). The summed E-state index contributed by atoms with van der Waals surface area (Å²) in [5.74, 6) is -0.193. The van der Waals surface area contributed by atoms with Crippen LogP contribution in [0.3, 0.4) is 0 Å². The predicted octanol–water partition coefficient (Wildman–Crippen LogP) is 6.06. The van der Waals surface area contributed by atoms with E-state index >= 15 is 0 Å². The van der Waals surface area contributed by atoms with E-state index in [0.29, 0.717) is 41.4 Å². The summed E-state index contributed by atoms with van der Waals surface area (Å²) in [4.78, 5) is 11.9. The first-order valence-electron chi connectivity index (χ1n) is 12.1. The summed E-state index contributed by atoms with van der Waals surface area (Å²) in [7, 11) is 0. The molecule has 0 radical (unpaired) electrons. The number of nitrogens with two attached hydrogens (primary N) is 2. The molecule has 0 atom stereocenters.